The molecular formula is C10H14F3N3. The van der Waals surface area contributed by atoms with E-state index in [9.17, 15) is 13.2 Å². The van der Waals surface area contributed by atoms with E-state index in [0.29, 0.717) is 6.54 Å². The summed E-state index contributed by atoms with van der Waals surface area (Å²) < 4.78 is 37.1. The number of rotatable bonds is 4. The SMILES string of the molecule is CCC(CN)Nc1cccc(C(F)(F)F)n1. The van der Waals surface area contributed by atoms with Crippen LogP contribution in [-0.2, 0) is 6.18 Å². The highest BCUT2D eigenvalue weighted by Crippen LogP contribution is 2.28. The van der Waals surface area contributed by atoms with Crippen molar-refractivity contribution in [3.05, 3.63) is 23.9 Å². The number of aromatic nitrogens is 1. The van der Waals surface area contributed by atoms with Crippen LogP contribution in [0.5, 0.6) is 0 Å². The second-order valence-corrected chi connectivity index (χ2v) is 3.39. The Labute approximate surface area is 91.9 Å². The van der Waals surface area contributed by atoms with Crippen LogP contribution >= 0.6 is 0 Å². The highest BCUT2D eigenvalue weighted by Gasteiger charge is 2.32. The number of hydrogen-bond donors (Lipinski definition) is 2. The minimum atomic E-state index is -4.41. The molecule has 0 fully saturated rings. The lowest BCUT2D eigenvalue weighted by Crippen LogP contribution is -2.28. The summed E-state index contributed by atoms with van der Waals surface area (Å²) in [7, 11) is 0. The van der Waals surface area contributed by atoms with Crippen molar-refractivity contribution in [2.24, 2.45) is 5.73 Å². The predicted molar refractivity (Wildman–Crippen MR) is 56.0 cm³/mol. The van der Waals surface area contributed by atoms with Crippen LogP contribution in [0, 0.1) is 0 Å². The fourth-order valence-electron chi connectivity index (χ4n) is 1.21. The summed E-state index contributed by atoms with van der Waals surface area (Å²) in [6, 6.07) is 3.69. The molecule has 0 amide bonds. The topological polar surface area (TPSA) is 50.9 Å². The van der Waals surface area contributed by atoms with E-state index in [1.54, 1.807) is 0 Å². The molecule has 0 aromatic carbocycles. The summed E-state index contributed by atoms with van der Waals surface area (Å²) in [6.07, 6.45) is -3.68. The van der Waals surface area contributed by atoms with Gasteiger partial charge in [-0.3, -0.25) is 0 Å². The van der Waals surface area contributed by atoms with Gasteiger partial charge < -0.3 is 11.1 Å². The molecule has 90 valence electrons. The molecule has 0 aliphatic carbocycles. The molecule has 0 saturated carbocycles. The molecule has 3 nitrogen and oxygen atoms in total. The number of anilines is 1. The van der Waals surface area contributed by atoms with Gasteiger partial charge in [0.25, 0.3) is 0 Å². The van der Waals surface area contributed by atoms with Gasteiger partial charge in [-0.1, -0.05) is 13.0 Å². The Kier molecular flexibility index (Phi) is 4.12. The van der Waals surface area contributed by atoms with E-state index in [-0.39, 0.29) is 11.9 Å². The molecular weight excluding hydrogens is 219 g/mol. The monoisotopic (exact) mass is 233 g/mol. The first-order chi connectivity index (χ1) is 7.47. The molecule has 0 radical (unpaired) electrons. The second kappa shape index (κ2) is 5.16. The van der Waals surface area contributed by atoms with Gasteiger partial charge in [0.15, 0.2) is 0 Å². The second-order valence-electron chi connectivity index (χ2n) is 3.39. The fraction of sp³-hybridized carbons (Fsp3) is 0.500. The quantitative estimate of drug-likeness (QED) is 0.838. The van der Waals surface area contributed by atoms with Crippen LogP contribution in [0.15, 0.2) is 18.2 Å². The first kappa shape index (κ1) is 12.8. The van der Waals surface area contributed by atoms with Crippen molar-refractivity contribution in [3.63, 3.8) is 0 Å². The predicted octanol–water partition coefficient (Wildman–Crippen LogP) is 2.25. The van der Waals surface area contributed by atoms with Crippen LogP contribution in [0.2, 0.25) is 0 Å². The van der Waals surface area contributed by atoms with E-state index < -0.39 is 11.9 Å². The van der Waals surface area contributed by atoms with Gasteiger partial charge in [-0.15, -0.1) is 0 Å². The summed E-state index contributed by atoms with van der Waals surface area (Å²) in [5.41, 5.74) is 4.54. The zero-order valence-corrected chi connectivity index (χ0v) is 8.88. The number of nitrogens with one attached hydrogen (secondary N) is 1. The van der Waals surface area contributed by atoms with E-state index in [4.69, 9.17) is 5.73 Å². The molecule has 16 heavy (non-hydrogen) atoms. The average molecular weight is 233 g/mol. The molecule has 1 aromatic heterocycles. The van der Waals surface area contributed by atoms with Crippen molar-refractivity contribution in [1.82, 2.24) is 4.98 Å². The summed E-state index contributed by atoms with van der Waals surface area (Å²) in [4.78, 5) is 3.49. The Morgan fingerprint density at radius 1 is 1.44 bits per heavy atom. The van der Waals surface area contributed by atoms with Gasteiger partial charge in [-0.2, -0.15) is 13.2 Å². The summed E-state index contributed by atoms with van der Waals surface area (Å²) in [5.74, 6) is 0.201. The van der Waals surface area contributed by atoms with Crippen molar-refractivity contribution >= 4 is 5.82 Å². The molecule has 0 aliphatic heterocycles. The van der Waals surface area contributed by atoms with E-state index in [1.807, 2.05) is 6.92 Å². The number of halogens is 3. The fourth-order valence-corrected chi connectivity index (χ4v) is 1.21. The molecule has 1 rings (SSSR count). The molecule has 0 saturated heterocycles. The molecule has 3 N–H and O–H groups in total. The van der Waals surface area contributed by atoms with Gasteiger partial charge in [0, 0.05) is 12.6 Å². The van der Waals surface area contributed by atoms with Crippen molar-refractivity contribution in [3.8, 4) is 0 Å². The summed E-state index contributed by atoms with van der Waals surface area (Å²) >= 11 is 0. The minimum absolute atomic E-state index is 0.0593. The molecule has 1 heterocycles. The molecule has 1 unspecified atom stereocenters. The number of nitrogens with zero attached hydrogens (tertiary/aromatic N) is 1. The molecule has 0 aliphatic rings. The number of hydrogen-bond acceptors (Lipinski definition) is 3. The zero-order valence-electron chi connectivity index (χ0n) is 8.88. The summed E-state index contributed by atoms with van der Waals surface area (Å²) in [5, 5.41) is 2.85. The van der Waals surface area contributed by atoms with Crippen molar-refractivity contribution in [2.45, 2.75) is 25.6 Å². The van der Waals surface area contributed by atoms with Crippen LogP contribution in [0.4, 0.5) is 19.0 Å². The Morgan fingerprint density at radius 2 is 2.12 bits per heavy atom. The van der Waals surface area contributed by atoms with Gasteiger partial charge in [0.05, 0.1) is 0 Å². The van der Waals surface area contributed by atoms with Crippen molar-refractivity contribution in [1.29, 1.82) is 0 Å². The zero-order chi connectivity index (χ0) is 12.2. The van der Waals surface area contributed by atoms with Gasteiger partial charge in [-0.25, -0.2) is 4.98 Å². The van der Waals surface area contributed by atoms with Gasteiger partial charge in [0.2, 0.25) is 0 Å². The van der Waals surface area contributed by atoms with Crippen molar-refractivity contribution in [2.75, 3.05) is 11.9 Å². The standard InChI is InChI=1S/C10H14F3N3/c1-2-7(6-14)15-9-5-3-4-8(16-9)10(11,12)13/h3-5,7H,2,6,14H2,1H3,(H,15,16). The Morgan fingerprint density at radius 3 is 2.62 bits per heavy atom. The maximum absolute atomic E-state index is 12.4. The first-order valence-electron chi connectivity index (χ1n) is 4.98. The lowest BCUT2D eigenvalue weighted by atomic mass is 10.2. The average Bonchev–Trinajstić information content (AvgIpc) is 2.25. The van der Waals surface area contributed by atoms with E-state index in [1.165, 1.54) is 12.1 Å². The Balaban J connectivity index is 2.82. The maximum Gasteiger partial charge on any atom is 0.433 e. The van der Waals surface area contributed by atoms with Crippen LogP contribution < -0.4 is 11.1 Å². The van der Waals surface area contributed by atoms with Crippen LogP contribution in [0.25, 0.3) is 0 Å². The molecule has 1 atom stereocenters. The molecule has 0 bridgehead atoms. The third-order valence-electron chi connectivity index (χ3n) is 2.17. The van der Waals surface area contributed by atoms with Crippen LogP contribution in [0.3, 0.4) is 0 Å². The maximum atomic E-state index is 12.4. The number of pyridine rings is 1. The van der Waals surface area contributed by atoms with E-state index >= 15 is 0 Å². The van der Waals surface area contributed by atoms with Crippen molar-refractivity contribution < 1.29 is 13.2 Å². The third-order valence-corrected chi connectivity index (χ3v) is 2.17. The number of nitrogens with two attached hydrogens (primary N) is 1. The Bertz CT molecular complexity index is 334. The Hall–Kier alpha value is -1.30. The van der Waals surface area contributed by atoms with Crippen LogP contribution in [-0.4, -0.2) is 17.6 Å². The minimum Gasteiger partial charge on any atom is -0.366 e. The van der Waals surface area contributed by atoms with Crippen LogP contribution in [0.1, 0.15) is 19.0 Å². The smallest absolute Gasteiger partial charge is 0.366 e. The highest BCUT2D eigenvalue weighted by atomic mass is 19.4. The largest absolute Gasteiger partial charge is 0.433 e. The lowest BCUT2D eigenvalue weighted by Gasteiger charge is -2.16. The van der Waals surface area contributed by atoms with E-state index in [0.717, 1.165) is 12.5 Å². The van der Waals surface area contributed by atoms with Gasteiger partial charge in [0.1, 0.15) is 11.5 Å². The third kappa shape index (κ3) is 3.37. The summed E-state index contributed by atoms with van der Waals surface area (Å²) in [6.45, 7) is 2.26. The highest BCUT2D eigenvalue weighted by molar-refractivity contribution is 5.37. The van der Waals surface area contributed by atoms with Gasteiger partial charge in [-0.05, 0) is 18.6 Å². The normalized spacial score (nSPS) is 13.6. The first-order valence-corrected chi connectivity index (χ1v) is 4.98. The molecule has 6 heteroatoms. The number of alkyl halides is 3. The molecule has 0 spiro atoms. The van der Waals surface area contributed by atoms with Gasteiger partial charge >= 0.3 is 6.18 Å². The van der Waals surface area contributed by atoms with E-state index in [2.05, 4.69) is 10.3 Å². The molecule has 1 aromatic rings. The lowest BCUT2D eigenvalue weighted by molar-refractivity contribution is -0.141.